The molecule has 4 N–H and O–H groups in total. The van der Waals surface area contributed by atoms with Crippen molar-refractivity contribution >= 4 is 40.2 Å². The Labute approximate surface area is 377 Å². The topological polar surface area (TPSA) is 174 Å². The molecule has 2 saturated heterocycles. The Morgan fingerprint density at radius 2 is 1.27 bits per heavy atom. The number of carbonyl (C=O) groups excluding carboxylic acids is 3. The van der Waals surface area contributed by atoms with E-state index >= 15 is 0 Å². The van der Waals surface area contributed by atoms with Crippen LogP contribution < -0.4 is 35.2 Å². The summed E-state index contributed by atoms with van der Waals surface area (Å²) in [6.07, 6.45) is 2.35. The molecule has 348 valence electrons. The predicted molar refractivity (Wildman–Crippen MR) is 254 cm³/mol. The number of methoxy groups -OCH3 is 2. The number of ether oxygens (including phenoxy) is 5. The number of benzene rings is 2. The lowest BCUT2D eigenvalue weighted by Crippen LogP contribution is -2.46. The molecule has 0 spiro atoms. The maximum atomic E-state index is 14.6. The highest BCUT2D eigenvalue weighted by Gasteiger charge is 2.42. The van der Waals surface area contributed by atoms with E-state index in [-0.39, 0.29) is 82.1 Å². The zero-order valence-corrected chi connectivity index (χ0v) is 41.8. The average Bonchev–Trinajstić information content (AvgIpc) is 3.75. The van der Waals surface area contributed by atoms with E-state index in [0.29, 0.717) is 68.2 Å². The molecular weight excluding hydrogens is 837 g/mol. The Kier molecular flexibility index (Phi) is 16.5. The quantitative estimate of drug-likeness (QED) is 0.0596. The summed E-state index contributed by atoms with van der Waals surface area (Å²) in [4.78, 5) is 44.3. The fourth-order valence-corrected chi connectivity index (χ4v) is 9.17. The van der Waals surface area contributed by atoms with Crippen molar-refractivity contribution in [2.24, 2.45) is 5.73 Å². The van der Waals surface area contributed by atoms with Crippen LogP contribution in [0.4, 0.5) is 10.5 Å². The van der Waals surface area contributed by atoms with Crippen molar-refractivity contribution in [3.63, 3.8) is 0 Å². The Balaban J connectivity index is 1.50. The third-order valence-corrected chi connectivity index (χ3v) is 21.8. The molecule has 2 heterocycles. The fourth-order valence-electron chi connectivity index (χ4n) is 7.09. The van der Waals surface area contributed by atoms with Crippen molar-refractivity contribution < 1.29 is 46.9 Å². The van der Waals surface area contributed by atoms with Gasteiger partial charge in [-0.3, -0.25) is 9.59 Å². The molecule has 0 bridgehead atoms. The molecule has 2 atom stereocenters. The molecule has 63 heavy (non-hydrogen) atoms. The van der Waals surface area contributed by atoms with Crippen LogP contribution in [0, 0.1) is 0 Å². The number of likely N-dealkylation sites (tertiary alicyclic amines) is 2. The van der Waals surface area contributed by atoms with Gasteiger partial charge in [0.05, 0.1) is 63.9 Å². The summed E-state index contributed by atoms with van der Waals surface area (Å²) < 4.78 is 42.4. The molecule has 2 aromatic rings. The second-order valence-corrected chi connectivity index (χ2v) is 29.2. The van der Waals surface area contributed by atoms with E-state index in [1.807, 2.05) is 0 Å². The van der Waals surface area contributed by atoms with Gasteiger partial charge in [0.2, 0.25) is 0 Å². The Morgan fingerprint density at radius 3 is 1.73 bits per heavy atom. The molecule has 2 unspecified atom stereocenters. The number of allylic oxidation sites excluding steroid dienone is 1. The van der Waals surface area contributed by atoms with Crippen LogP contribution in [0.5, 0.6) is 28.7 Å². The summed E-state index contributed by atoms with van der Waals surface area (Å²) in [6.45, 7) is 35.9. The largest absolute Gasteiger partial charge is 0.493 e. The van der Waals surface area contributed by atoms with E-state index in [9.17, 15) is 14.4 Å². The Bertz CT molecular complexity index is 2060. The number of hydrogen-bond acceptors (Lipinski definition) is 11. The number of amides is 3. The van der Waals surface area contributed by atoms with Gasteiger partial charge in [0.15, 0.2) is 39.6 Å². The Morgan fingerprint density at radius 1 is 0.762 bits per heavy atom. The van der Waals surface area contributed by atoms with E-state index in [2.05, 4.69) is 87.5 Å². The van der Waals surface area contributed by atoms with Gasteiger partial charge in [0.25, 0.3) is 11.8 Å². The number of carbonyl (C=O) groups is 3. The van der Waals surface area contributed by atoms with Gasteiger partial charge < -0.3 is 53.8 Å². The zero-order valence-electron chi connectivity index (χ0n) is 39.8. The van der Waals surface area contributed by atoms with Crippen molar-refractivity contribution in [3.05, 3.63) is 71.8 Å². The van der Waals surface area contributed by atoms with Crippen molar-refractivity contribution in [2.75, 3.05) is 59.5 Å². The standard InChI is InChI=1S/C47H72N4O10Si2/c1-16-18-34-41(44(53)51-27-31(3)22-33(51)29-60-63(14,15)47(7,8)9)39(61-45(49)54)25-40(42(34)56-11)58-20-17-19-57-38-24-36(48)35(23-37(38)55-10)43(52)50-26-30(2)21-32(50)28-59-62(12,13)46(4,5)6/h16,23-25,32-33H,1-3,17-22,26-29,48H2,4-15H3,(H2,49,54). The molecule has 0 aromatic heterocycles. The van der Waals surface area contributed by atoms with Crippen molar-refractivity contribution in [3.8, 4) is 28.7 Å². The van der Waals surface area contributed by atoms with Crippen molar-refractivity contribution in [2.45, 2.75) is 116 Å². The highest BCUT2D eigenvalue weighted by Crippen LogP contribution is 2.43. The SMILES string of the molecule is C=CCc1c(OC)c(OCCCOc2cc(N)c(C(=O)N3CC(=C)CC3CO[Si](C)(C)C(C)(C)C)cc2OC)cc(OC(N)=O)c1C(=O)N1CC(=C)CC1CO[Si](C)(C)C(C)(C)C. The summed E-state index contributed by atoms with van der Waals surface area (Å²) in [6, 6.07) is 4.20. The third kappa shape index (κ3) is 12.1. The van der Waals surface area contributed by atoms with Crippen LogP contribution in [0.15, 0.2) is 55.2 Å². The van der Waals surface area contributed by atoms with Crippen LogP contribution in [0.25, 0.3) is 0 Å². The van der Waals surface area contributed by atoms with E-state index < -0.39 is 22.7 Å². The van der Waals surface area contributed by atoms with Crippen LogP contribution in [-0.2, 0) is 15.3 Å². The van der Waals surface area contributed by atoms with Gasteiger partial charge in [-0.15, -0.1) is 6.58 Å². The van der Waals surface area contributed by atoms with Gasteiger partial charge in [-0.05, 0) is 61.6 Å². The second kappa shape index (κ2) is 20.4. The van der Waals surface area contributed by atoms with Gasteiger partial charge in [-0.1, -0.05) is 71.9 Å². The number of nitrogen functional groups attached to an aromatic ring is 1. The minimum Gasteiger partial charge on any atom is -0.493 e. The van der Waals surface area contributed by atoms with E-state index in [0.717, 1.165) is 11.1 Å². The number of primary amides is 1. The zero-order chi connectivity index (χ0) is 47.2. The summed E-state index contributed by atoms with van der Waals surface area (Å²) >= 11 is 0. The molecule has 4 rings (SSSR count). The van der Waals surface area contributed by atoms with E-state index in [4.69, 9.17) is 44.0 Å². The molecule has 2 aliphatic rings. The molecule has 14 nitrogen and oxygen atoms in total. The minimum atomic E-state index is -2.13. The summed E-state index contributed by atoms with van der Waals surface area (Å²) in [7, 11) is -1.20. The molecule has 0 aliphatic carbocycles. The van der Waals surface area contributed by atoms with Gasteiger partial charge in [-0.2, -0.15) is 0 Å². The number of rotatable bonds is 19. The molecule has 16 heteroatoms. The monoisotopic (exact) mass is 908 g/mol. The minimum absolute atomic E-state index is 0.0175. The molecule has 0 saturated carbocycles. The molecule has 2 fully saturated rings. The third-order valence-electron chi connectivity index (χ3n) is 12.8. The maximum absolute atomic E-state index is 14.6. The Hall–Kier alpha value is -4.78. The lowest BCUT2D eigenvalue weighted by atomic mass is 9.99. The highest BCUT2D eigenvalue weighted by molar-refractivity contribution is 6.74. The van der Waals surface area contributed by atoms with Crippen LogP contribution in [0.1, 0.15) is 87.1 Å². The number of anilines is 1. The lowest BCUT2D eigenvalue weighted by Gasteiger charge is -2.38. The normalized spacial score (nSPS) is 17.2. The average molecular weight is 909 g/mol. The van der Waals surface area contributed by atoms with E-state index in [1.54, 1.807) is 28.0 Å². The van der Waals surface area contributed by atoms with E-state index in [1.165, 1.54) is 20.3 Å². The molecule has 3 amide bonds. The first kappa shape index (κ1) is 50.9. The van der Waals surface area contributed by atoms with Crippen LogP contribution in [0.3, 0.4) is 0 Å². The van der Waals surface area contributed by atoms with Gasteiger partial charge >= 0.3 is 6.09 Å². The molecule has 0 radical (unpaired) electrons. The maximum Gasteiger partial charge on any atom is 0.409 e. The highest BCUT2D eigenvalue weighted by atomic mass is 28.4. The number of hydrogen-bond donors (Lipinski definition) is 2. The second-order valence-electron chi connectivity index (χ2n) is 19.5. The summed E-state index contributed by atoms with van der Waals surface area (Å²) in [5, 5.41) is 0.0169. The van der Waals surface area contributed by atoms with Crippen molar-refractivity contribution in [1.82, 2.24) is 9.80 Å². The number of nitrogens with two attached hydrogens (primary N) is 2. The predicted octanol–water partition coefficient (Wildman–Crippen LogP) is 8.90. The van der Waals surface area contributed by atoms with Gasteiger partial charge in [0, 0.05) is 42.9 Å². The fraction of sp³-hybridized carbons (Fsp3) is 0.553. The van der Waals surface area contributed by atoms with Crippen LogP contribution in [0.2, 0.25) is 36.3 Å². The van der Waals surface area contributed by atoms with Crippen LogP contribution in [-0.4, -0.2) is 110 Å². The van der Waals surface area contributed by atoms with Gasteiger partial charge in [0.1, 0.15) is 5.75 Å². The lowest BCUT2D eigenvalue weighted by molar-refractivity contribution is 0.0677. The first-order valence-electron chi connectivity index (χ1n) is 21.5. The summed E-state index contributed by atoms with van der Waals surface area (Å²) in [5.41, 5.74) is 15.0. The first-order chi connectivity index (χ1) is 29.3. The molecular formula is C47H72N4O10Si2. The summed E-state index contributed by atoms with van der Waals surface area (Å²) in [5.74, 6) is 0.540. The number of nitrogens with zero attached hydrogens (tertiary/aromatic N) is 2. The van der Waals surface area contributed by atoms with Gasteiger partial charge in [-0.25, -0.2) is 4.79 Å². The first-order valence-corrected chi connectivity index (χ1v) is 27.4. The smallest absolute Gasteiger partial charge is 0.409 e. The van der Waals surface area contributed by atoms with Crippen molar-refractivity contribution in [1.29, 1.82) is 0 Å². The van der Waals surface area contributed by atoms with Crippen LogP contribution >= 0.6 is 0 Å². The molecule has 2 aromatic carbocycles. The molecule has 2 aliphatic heterocycles.